The van der Waals surface area contributed by atoms with Crippen molar-refractivity contribution < 1.29 is 13.2 Å². The molecule has 2 nitrogen and oxygen atoms in total. The number of nitrogens with one attached hydrogen (secondary N) is 1. The molecule has 1 fully saturated rings. The second kappa shape index (κ2) is 6.79. The molecule has 1 aromatic carbocycles. The number of nitrogens with zero attached hydrogens (tertiary/aromatic N) is 1. The molecule has 2 rings (SSSR count). The number of alkyl halides is 3. The van der Waals surface area contributed by atoms with E-state index in [4.69, 9.17) is 0 Å². The minimum absolute atomic E-state index is 0.489. The molecule has 0 saturated carbocycles. The second-order valence-electron chi connectivity index (χ2n) is 6.13. The van der Waals surface area contributed by atoms with Crippen LogP contribution in [0, 0.1) is 5.92 Å². The van der Waals surface area contributed by atoms with Crippen molar-refractivity contribution >= 4 is 0 Å². The van der Waals surface area contributed by atoms with Gasteiger partial charge in [-0.15, -0.1) is 0 Å². The van der Waals surface area contributed by atoms with Crippen LogP contribution in [-0.4, -0.2) is 30.6 Å². The first kappa shape index (κ1) is 16.3. The lowest BCUT2D eigenvalue weighted by Crippen LogP contribution is -2.42. The molecule has 0 aromatic heterocycles. The highest BCUT2D eigenvalue weighted by Crippen LogP contribution is 2.29. The first-order chi connectivity index (χ1) is 9.84. The standard InChI is InChI=1S/C16H23F3N2/c1-12-9-20-13(2)7-8-21(10-12)11-14-3-5-15(6-4-14)16(17,18)19/h3-6,12-13,20H,7-11H2,1-2H3. The van der Waals surface area contributed by atoms with Gasteiger partial charge in [-0.1, -0.05) is 19.1 Å². The average molecular weight is 300 g/mol. The quantitative estimate of drug-likeness (QED) is 0.899. The Hall–Kier alpha value is -1.07. The molecule has 118 valence electrons. The lowest BCUT2D eigenvalue weighted by atomic mass is 10.1. The van der Waals surface area contributed by atoms with Crippen molar-refractivity contribution in [3.05, 3.63) is 35.4 Å². The van der Waals surface area contributed by atoms with E-state index in [-0.39, 0.29) is 0 Å². The highest BCUT2D eigenvalue weighted by molar-refractivity contribution is 5.24. The molecule has 0 bridgehead atoms. The van der Waals surface area contributed by atoms with E-state index in [1.54, 1.807) is 12.1 Å². The summed E-state index contributed by atoms with van der Waals surface area (Å²) in [6.45, 7) is 8.03. The van der Waals surface area contributed by atoms with Crippen LogP contribution >= 0.6 is 0 Å². The zero-order valence-electron chi connectivity index (χ0n) is 12.6. The fraction of sp³-hybridized carbons (Fsp3) is 0.625. The van der Waals surface area contributed by atoms with Crippen LogP contribution in [0.2, 0.25) is 0 Å². The van der Waals surface area contributed by atoms with Gasteiger partial charge in [0.15, 0.2) is 0 Å². The maximum atomic E-state index is 12.6. The van der Waals surface area contributed by atoms with Gasteiger partial charge in [0, 0.05) is 19.1 Å². The van der Waals surface area contributed by atoms with Crippen molar-refractivity contribution in [2.75, 3.05) is 19.6 Å². The zero-order chi connectivity index (χ0) is 15.5. The van der Waals surface area contributed by atoms with E-state index in [9.17, 15) is 13.2 Å². The minimum atomic E-state index is -4.26. The molecule has 1 N–H and O–H groups in total. The van der Waals surface area contributed by atoms with E-state index in [2.05, 4.69) is 24.1 Å². The second-order valence-corrected chi connectivity index (χ2v) is 6.13. The van der Waals surface area contributed by atoms with Gasteiger partial charge in [-0.2, -0.15) is 13.2 Å². The molecule has 1 heterocycles. The van der Waals surface area contributed by atoms with Crippen LogP contribution in [0.5, 0.6) is 0 Å². The zero-order valence-corrected chi connectivity index (χ0v) is 12.6. The number of hydrogen-bond acceptors (Lipinski definition) is 2. The van der Waals surface area contributed by atoms with Crippen molar-refractivity contribution in [1.29, 1.82) is 0 Å². The van der Waals surface area contributed by atoms with Crippen molar-refractivity contribution in [2.24, 2.45) is 5.92 Å². The van der Waals surface area contributed by atoms with Gasteiger partial charge in [-0.05, 0) is 50.0 Å². The fourth-order valence-corrected chi connectivity index (χ4v) is 2.68. The Labute approximate surface area is 124 Å². The lowest BCUT2D eigenvalue weighted by Gasteiger charge is -2.31. The van der Waals surface area contributed by atoms with Crippen LogP contribution in [0.1, 0.15) is 31.4 Å². The highest BCUT2D eigenvalue weighted by Gasteiger charge is 2.30. The Morgan fingerprint density at radius 1 is 1.19 bits per heavy atom. The average Bonchev–Trinajstić information content (AvgIpc) is 2.40. The summed E-state index contributed by atoms with van der Waals surface area (Å²) in [5.41, 5.74) is 0.362. The number of halogens is 3. The Morgan fingerprint density at radius 3 is 2.48 bits per heavy atom. The first-order valence-electron chi connectivity index (χ1n) is 7.46. The summed E-state index contributed by atoms with van der Waals surface area (Å²) >= 11 is 0. The maximum absolute atomic E-state index is 12.6. The van der Waals surface area contributed by atoms with Gasteiger partial charge in [-0.25, -0.2) is 0 Å². The van der Waals surface area contributed by atoms with Gasteiger partial charge in [0.25, 0.3) is 0 Å². The van der Waals surface area contributed by atoms with Gasteiger partial charge in [0.05, 0.1) is 5.56 Å². The number of rotatable bonds is 2. The largest absolute Gasteiger partial charge is 0.416 e. The summed E-state index contributed by atoms with van der Waals surface area (Å²) in [6, 6.07) is 6.02. The van der Waals surface area contributed by atoms with E-state index >= 15 is 0 Å². The predicted molar refractivity (Wildman–Crippen MR) is 78.0 cm³/mol. The van der Waals surface area contributed by atoms with Crippen LogP contribution < -0.4 is 5.32 Å². The molecule has 5 heteroatoms. The summed E-state index contributed by atoms with van der Waals surface area (Å²) in [5, 5.41) is 3.49. The molecule has 0 aliphatic carbocycles. The van der Waals surface area contributed by atoms with Gasteiger partial charge in [0.2, 0.25) is 0 Å². The molecule has 21 heavy (non-hydrogen) atoms. The highest BCUT2D eigenvalue weighted by atomic mass is 19.4. The monoisotopic (exact) mass is 300 g/mol. The lowest BCUT2D eigenvalue weighted by molar-refractivity contribution is -0.137. The van der Waals surface area contributed by atoms with Gasteiger partial charge >= 0.3 is 6.18 Å². The Bertz CT molecular complexity index is 442. The summed E-state index contributed by atoms with van der Waals surface area (Å²) in [6.07, 6.45) is -3.19. The first-order valence-corrected chi connectivity index (χ1v) is 7.46. The van der Waals surface area contributed by atoms with Crippen molar-refractivity contribution in [1.82, 2.24) is 10.2 Å². The van der Waals surface area contributed by atoms with Crippen molar-refractivity contribution in [3.63, 3.8) is 0 Å². The van der Waals surface area contributed by atoms with E-state index in [0.717, 1.165) is 38.2 Å². The third-order valence-electron chi connectivity index (χ3n) is 3.95. The molecule has 0 amide bonds. The van der Waals surface area contributed by atoms with Crippen LogP contribution in [-0.2, 0) is 12.7 Å². The topological polar surface area (TPSA) is 15.3 Å². The molecule has 0 radical (unpaired) electrons. The van der Waals surface area contributed by atoms with E-state index < -0.39 is 11.7 Å². The molecule has 1 saturated heterocycles. The van der Waals surface area contributed by atoms with E-state index in [0.29, 0.717) is 12.0 Å². The fourth-order valence-electron chi connectivity index (χ4n) is 2.68. The van der Waals surface area contributed by atoms with E-state index in [1.165, 1.54) is 12.1 Å². The van der Waals surface area contributed by atoms with Gasteiger partial charge < -0.3 is 5.32 Å². The molecule has 2 unspecified atom stereocenters. The Kier molecular flexibility index (Phi) is 5.27. The van der Waals surface area contributed by atoms with E-state index in [1.807, 2.05) is 0 Å². The molecule has 1 aromatic rings. The van der Waals surface area contributed by atoms with Crippen LogP contribution in [0.3, 0.4) is 0 Å². The molecule has 1 aliphatic rings. The molecule has 0 spiro atoms. The van der Waals surface area contributed by atoms with Crippen LogP contribution in [0.25, 0.3) is 0 Å². The Morgan fingerprint density at radius 2 is 1.86 bits per heavy atom. The smallest absolute Gasteiger partial charge is 0.314 e. The summed E-state index contributed by atoms with van der Waals surface area (Å²) in [7, 11) is 0. The third-order valence-corrected chi connectivity index (χ3v) is 3.95. The summed E-state index contributed by atoms with van der Waals surface area (Å²) in [5.74, 6) is 0.544. The third kappa shape index (κ3) is 5.00. The SMILES string of the molecule is CC1CNC(C)CCN(Cc2ccc(C(F)(F)F)cc2)C1. The number of hydrogen-bond donors (Lipinski definition) is 1. The maximum Gasteiger partial charge on any atom is 0.416 e. The Balaban J connectivity index is 1.99. The van der Waals surface area contributed by atoms with Gasteiger partial charge in [0.1, 0.15) is 0 Å². The molecule has 1 aliphatic heterocycles. The minimum Gasteiger partial charge on any atom is -0.314 e. The summed E-state index contributed by atoms with van der Waals surface area (Å²) in [4.78, 5) is 2.34. The van der Waals surface area contributed by atoms with Crippen molar-refractivity contribution in [2.45, 2.75) is 39.0 Å². The predicted octanol–water partition coefficient (Wildman–Crippen LogP) is 3.53. The van der Waals surface area contributed by atoms with Crippen LogP contribution in [0.4, 0.5) is 13.2 Å². The molecule has 2 atom stereocenters. The normalized spacial score (nSPS) is 25.4. The van der Waals surface area contributed by atoms with Gasteiger partial charge in [-0.3, -0.25) is 4.90 Å². The molecular formula is C16H23F3N2. The van der Waals surface area contributed by atoms with Crippen molar-refractivity contribution in [3.8, 4) is 0 Å². The molecular weight excluding hydrogens is 277 g/mol. The van der Waals surface area contributed by atoms with Crippen LogP contribution in [0.15, 0.2) is 24.3 Å². The number of benzene rings is 1. The summed E-state index contributed by atoms with van der Waals surface area (Å²) < 4.78 is 37.7.